The maximum absolute atomic E-state index is 9.93. The molecule has 3 fully saturated rings. The Morgan fingerprint density at radius 3 is 2.15 bits per heavy atom. The van der Waals surface area contributed by atoms with E-state index < -0.39 is 16.6 Å². The lowest BCUT2D eigenvalue weighted by Crippen LogP contribution is -2.49. The van der Waals surface area contributed by atoms with E-state index in [1.54, 1.807) is 5.57 Å². The molecule has 0 saturated heterocycles. The normalized spacial score (nSPS) is 34.0. The van der Waals surface area contributed by atoms with E-state index in [0.29, 0.717) is 29.8 Å². The molecule has 0 aromatic rings. The molecule has 5 heteroatoms. The molecule has 3 aliphatic carbocycles. The number of fused-ring (bicyclic) bond motifs is 1. The monoisotopic (exact) mass is 574 g/mol. The molecule has 0 bridgehead atoms. The minimum Gasteiger partial charge on any atom is -0.413 e. The van der Waals surface area contributed by atoms with E-state index >= 15 is 0 Å². The van der Waals surface area contributed by atoms with Crippen LogP contribution in [0, 0.1) is 23.2 Å². The Morgan fingerprint density at radius 1 is 1.00 bits per heavy atom. The number of aliphatic hydroxyl groups is 1. The van der Waals surface area contributed by atoms with Gasteiger partial charge in [-0.1, -0.05) is 79.7 Å². The molecule has 0 aromatic carbocycles. The topological polar surface area (TPSA) is 38.7 Å². The Labute approximate surface area is 244 Å². The van der Waals surface area contributed by atoms with Gasteiger partial charge in [-0.3, -0.25) is 0 Å². The maximum Gasteiger partial charge on any atom is 0.192 e. The zero-order valence-corrected chi connectivity index (χ0v) is 29.7. The van der Waals surface area contributed by atoms with Crippen molar-refractivity contribution in [3.63, 3.8) is 0 Å². The third kappa shape index (κ3) is 6.96. The van der Waals surface area contributed by atoms with Crippen LogP contribution < -0.4 is 0 Å². The highest BCUT2D eigenvalue weighted by molar-refractivity contribution is 6.74. The van der Waals surface area contributed by atoms with Crippen molar-refractivity contribution >= 4 is 16.6 Å². The summed E-state index contributed by atoms with van der Waals surface area (Å²) in [6.45, 7) is 33.1. The van der Waals surface area contributed by atoms with Crippen LogP contribution in [-0.4, -0.2) is 40.6 Å². The second-order valence-corrected chi connectivity index (χ2v) is 26.0. The SMILES string of the molecule is C=C1C(=CC=C2CCCC3(C)C2CCC3C(C)CO)CC(O[Si](C)(C)C(C)(C)C)CC1O[Si](C)(C)C(C)(C)C. The number of allylic oxidation sites excluding steroid dienone is 3. The molecular formula is C34H62O3Si2. The van der Waals surface area contributed by atoms with Gasteiger partial charge in [-0.25, -0.2) is 0 Å². The summed E-state index contributed by atoms with van der Waals surface area (Å²) in [4.78, 5) is 0. The minimum absolute atomic E-state index is 0.0250. The van der Waals surface area contributed by atoms with Gasteiger partial charge < -0.3 is 14.0 Å². The van der Waals surface area contributed by atoms with Gasteiger partial charge in [-0.05, 0) is 109 Å². The first-order valence-corrected chi connectivity index (χ1v) is 21.6. The van der Waals surface area contributed by atoms with Gasteiger partial charge in [0.05, 0.1) is 12.2 Å². The first-order chi connectivity index (χ1) is 17.7. The molecular weight excluding hydrogens is 513 g/mol. The van der Waals surface area contributed by atoms with Gasteiger partial charge in [0.1, 0.15) is 0 Å². The molecule has 3 rings (SSSR count). The van der Waals surface area contributed by atoms with Crippen LogP contribution in [0.1, 0.15) is 100 Å². The average molecular weight is 575 g/mol. The van der Waals surface area contributed by atoms with Crippen molar-refractivity contribution in [1.29, 1.82) is 0 Å². The van der Waals surface area contributed by atoms with E-state index in [2.05, 4.69) is 100 Å². The maximum atomic E-state index is 9.93. The molecule has 1 N–H and O–H groups in total. The fourth-order valence-electron chi connectivity index (χ4n) is 7.11. The van der Waals surface area contributed by atoms with E-state index in [-0.39, 0.29) is 22.3 Å². The Kier molecular flexibility index (Phi) is 9.88. The van der Waals surface area contributed by atoms with Gasteiger partial charge in [0.2, 0.25) is 0 Å². The number of aliphatic hydroxyl groups excluding tert-OH is 1. The van der Waals surface area contributed by atoms with Crippen LogP contribution >= 0.6 is 0 Å². The van der Waals surface area contributed by atoms with Crippen LogP contribution in [-0.2, 0) is 8.85 Å². The Hall–Kier alpha value is -0.466. The standard InChI is InChI=1S/C34H62O3Si2/c1-24(23-35)29-18-19-30-26(15-14-20-34(29,30)9)16-17-27-21-28(36-38(10,11)32(3,4)5)22-31(25(27)2)37-39(12,13)33(6,7)8/h16-17,24,28-31,35H,2,14-15,18-23H2,1,3-13H3. The molecule has 224 valence electrons. The van der Waals surface area contributed by atoms with Crippen LogP contribution in [0.4, 0.5) is 0 Å². The van der Waals surface area contributed by atoms with Crippen molar-refractivity contribution in [2.24, 2.45) is 23.2 Å². The number of hydrogen-bond acceptors (Lipinski definition) is 3. The lowest BCUT2D eigenvalue weighted by Gasteiger charge is -2.45. The van der Waals surface area contributed by atoms with E-state index in [1.165, 1.54) is 43.3 Å². The van der Waals surface area contributed by atoms with Crippen LogP contribution in [0.5, 0.6) is 0 Å². The first-order valence-electron chi connectivity index (χ1n) is 15.8. The second-order valence-electron chi connectivity index (χ2n) is 16.5. The highest BCUT2D eigenvalue weighted by Crippen LogP contribution is 2.59. The second kappa shape index (κ2) is 11.7. The van der Waals surface area contributed by atoms with Gasteiger partial charge in [0, 0.05) is 13.0 Å². The predicted molar refractivity (Wildman–Crippen MR) is 173 cm³/mol. The first kappa shape index (κ1) is 33.0. The Balaban J connectivity index is 1.93. The predicted octanol–water partition coefficient (Wildman–Crippen LogP) is 9.81. The molecule has 0 aliphatic heterocycles. The largest absolute Gasteiger partial charge is 0.413 e. The molecule has 0 radical (unpaired) electrons. The lowest BCUT2D eigenvalue weighted by molar-refractivity contribution is 0.0690. The van der Waals surface area contributed by atoms with Crippen LogP contribution in [0.15, 0.2) is 35.5 Å². The summed E-state index contributed by atoms with van der Waals surface area (Å²) in [7, 11) is -3.87. The fourth-order valence-corrected chi connectivity index (χ4v) is 9.78. The summed E-state index contributed by atoms with van der Waals surface area (Å²) in [5, 5.41) is 10.3. The van der Waals surface area contributed by atoms with E-state index in [1.807, 2.05) is 0 Å². The van der Waals surface area contributed by atoms with E-state index in [9.17, 15) is 5.11 Å². The van der Waals surface area contributed by atoms with E-state index in [4.69, 9.17) is 8.85 Å². The molecule has 6 atom stereocenters. The molecule has 3 saturated carbocycles. The molecule has 0 heterocycles. The van der Waals surface area contributed by atoms with Crippen molar-refractivity contribution in [1.82, 2.24) is 0 Å². The Morgan fingerprint density at radius 2 is 1.59 bits per heavy atom. The summed E-state index contributed by atoms with van der Waals surface area (Å²) < 4.78 is 14.1. The van der Waals surface area contributed by atoms with Crippen LogP contribution in [0.25, 0.3) is 0 Å². The highest BCUT2D eigenvalue weighted by atomic mass is 28.4. The van der Waals surface area contributed by atoms with Gasteiger partial charge in [0.25, 0.3) is 0 Å². The lowest BCUT2D eigenvalue weighted by atomic mass is 9.61. The number of rotatable bonds is 7. The van der Waals surface area contributed by atoms with Crippen LogP contribution in [0.2, 0.25) is 36.3 Å². The summed E-state index contributed by atoms with van der Waals surface area (Å²) in [6.07, 6.45) is 13.2. The third-order valence-electron chi connectivity index (χ3n) is 11.7. The zero-order chi connectivity index (χ0) is 29.6. The summed E-state index contributed by atoms with van der Waals surface area (Å²) in [6, 6.07) is 0. The fraction of sp³-hybridized carbons (Fsp3) is 0.824. The van der Waals surface area contributed by atoms with Crippen LogP contribution in [0.3, 0.4) is 0 Å². The molecule has 6 unspecified atom stereocenters. The van der Waals surface area contributed by atoms with Gasteiger partial charge in [-0.2, -0.15) is 0 Å². The average Bonchev–Trinajstić information content (AvgIpc) is 3.15. The quantitative estimate of drug-likeness (QED) is 0.308. The molecule has 0 aromatic heterocycles. The van der Waals surface area contributed by atoms with Crippen molar-refractivity contribution < 1.29 is 14.0 Å². The van der Waals surface area contributed by atoms with Crippen molar-refractivity contribution in [3.8, 4) is 0 Å². The van der Waals surface area contributed by atoms with E-state index in [0.717, 1.165) is 12.8 Å². The molecule has 3 nitrogen and oxygen atoms in total. The number of hydrogen-bond donors (Lipinski definition) is 1. The summed E-state index contributed by atoms with van der Waals surface area (Å²) in [5.41, 5.74) is 4.43. The molecule has 3 aliphatic rings. The summed E-state index contributed by atoms with van der Waals surface area (Å²) >= 11 is 0. The van der Waals surface area contributed by atoms with Crippen molar-refractivity contribution in [2.75, 3.05) is 6.61 Å². The van der Waals surface area contributed by atoms with Gasteiger partial charge in [0.15, 0.2) is 16.6 Å². The molecule has 39 heavy (non-hydrogen) atoms. The molecule has 0 spiro atoms. The highest BCUT2D eigenvalue weighted by Gasteiger charge is 2.50. The minimum atomic E-state index is -1.96. The van der Waals surface area contributed by atoms with Crippen molar-refractivity contribution in [2.45, 2.75) is 149 Å². The van der Waals surface area contributed by atoms with Gasteiger partial charge in [-0.15, -0.1) is 0 Å². The van der Waals surface area contributed by atoms with Crippen molar-refractivity contribution in [3.05, 3.63) is 35.5 Å². The molecule has 0 amide bonds. The zero-order valence-electron chi connectivity index (χ0n) is 27.7. The third-order valence-corrected chi connectivity index (χ3v) is 20.8. The smallest absolute Gasteiger partial charge is 0.192 e. The van der Waals surface area contributed by atoms with Gasteiger partial charge >= 0.3 is 0 Å². The summed E-state index contributed by atoms with van der Waals surface area (Å²) in [5.74, 6) is 1.65. The Bertz CT molecular complexity index is 948.